The molecule has 4 aromatic rings. The highest BCUT2D eigenvalue weighted by Crippen LogP contribution is 2.61. The van der Waals surface area contributed by atoms with E-state index in [0.29, 0.717) is 12.2 Å². The number of carbonyl (C=O) groups is 4. The molecule has 8 rings (SSSR count). The molecule has 0 radical (unpaired) electrons. The Labute approximate surface area is 485 Å². The largest absolute Gasteiger partial charge is 0.461 e. The minimum absolute atomic E-state index is 0.0192. The molecule has 0 amide bonds. The quantitative estimate of drug-likeness (QED) is 0.0454. The van der Waals surface area contributed by atoms with Crippen LogP contribution in [0.2, 0.25) is 20.1 Å². The van der Waals surface area contributed by atoms with Gasteiger partial charge in [0.1, 0.15) is 26.4 Å². The lowest BCUT2D eigenvalue weighted by Gasteiger charge is -2.11. The molecule has 4 aliphatic carbocycles. The highest BCUT2D eigenvalue weighted by molar-refractivity contribution is 6.48. The van der Waals surface area contributed by atoms with E-state index in [9.17, 15) is 54.3 Å². The fourth-order valence-corrected chi connectivity index (χ4v) is 10.4. The van der Waals surface area contributed by atoms with Gasteiger partial charge in [0.25, 0.3) is 0 Å². The number of hydrogen-bond donors (Lipinski definition) is 0. The molecule has 4 aliphatic rings. The molecule has 8 nitrogen and oxygen atoms in total. The van der Waals surface area contributed by atoms with E-state index >= 15 is 0 Å². The van der Waals surface area contributed by atoms with Crippen LogP contribution in [0.25, 0.3) is 0 Å². The molecule has 0 bridgehead atoms. The summed E-state index contributed by atoms with van der Waals surface area (Å²) in [5.41, 5.74) is -2.57. The highest BCUT2D eigenvalue weighted by atomic mass is 35.5. The van der Waals surface area contributed by atoms with Crippen molar-refractivity contribution in [2.75, 3.05) is 0 Å². The Bertz CT molecular complexity index is 3120. The first-order chi connectivity index (χ1) is 37.6. The van der Waals surface area contributed by atoms with E-state index in [1.54, 1.807) is 27.7 Å². The van der Waals surface area contributed by atoms with Crippen molar-refractivity contribution in [3.05, 3.63) is 137 Å². The van der Waals surface area contributed by atoms with Crippen molar-refractivity contribution >= 4 is 70.3 Å². The van der Waals surface area contributed by atoms with Crippen LogP contribution >= 0.6 is 46.4 Å². The van der Waals surface area contributed by atoms with Crippen LogP contribution in [0.1, 0.15) is 83.2 Å². The van der Waals surface area contributed by atoms with Crippen LogP contribution in [0.5, 0.6) is 0 Å². The second kappa shape index (κ2) is 25.4. The maximum atomic E-state index is 13.7. The van der Waals surface area contributed by atoms with E-state index in [-0.39, 0.29) is 91.0 Å². The van der Waals surface area contributed by atoms with Crippen molar-refractivity contribution in [3.8, 4) is 49.4 Å². The van der Waals surface area contributed by atoms with Crippen molar-refractivity contribution in [2.24, 2.45) is 69.0 Å². The predicted molar refractivity (Wildman–Crippen MR) is 288 cm³/mol. The molecule has 81 heavy (non-hydrogen) atoms. The van der Waals surface area contributed by atoms with E-state index in [1.165, 1.54) is 6.07 Å². The summed E-state index contributed by atoms with van der Waals surface area (Å²) in [4.78, 5) is 47.6. The summed E-state index contributed by atoms with van der Waals surface area (Å²) in [6, 6.07) is 11.2. The average Bonchev–Trinajstić information content (AvgIpc) is 4.55. The first-order valence-electron chi connectivity index (χ1n) is 24.6. The third kappa shape index (κ3) is 13.8. The van der Waals surface area contributed by atoms with Gasteiger partial charge in [-0.05, 0) is 40.2 Å². The van der Waals surface area contributed by atoms with Crippen molar-refractivity contribution in [1.82, 2.24) is 0 Å². The Kier molecular flexibility index (Phi) is 20.5. The molecule has 430 valence electrons. The van der Waals surface area contributed by atoms with Crippen LogP contribution in [0.4, 0.5) is 35.1 Å². The third-order valence-electron chi connectivity index (χ3n) is 15.3. The molecule has 0 heterocycles. The number of carbonyl (C=O) groups excluding carboxylic acids is 4. The minimum atomic E-state index is -1.58. The summed E-state index contributed by atoms with van der Waals surface area (Å²) in [5.74, 6) is -6.68. The predicted octanol–water partition coefficient (Wildman–Crippen LogP) is 14.6. The van der Waals surface area contributed by atoms with Crippen molar-refractivity contribution in [3.63, 3.8) is 0 Å². The van der Waals surface area contributed by atoms with Crippen LogP contribution in [0.15, 0.2) is 42.5 Å². The number of hydrogen-bond acceptors (Lipinski definition) is 8. The minimum Gasteiger partial charge on any atom is -0.461 e. The van der Waals surface area contributed by atoms with Crippen molar-refractivity contribution < 1.29 is 73.2 Å². The number of ether oxygens (including phenoxy) is 4. The maximum absolute atomic E-state index is 13.7. The molecule has 0 aliphatic heterocycles. The van der Waals surface area contributed by atoms with Crippen LogP contribution in [-0.2, 0) is 64.6 Å². The molecule has 4 aromatic carbocycles. The van der Waals surface area contributed by atoms with Gasteiger partial charge >= 0.3 is 23.9 Å². The zero-order chi connectivity index (χ0) is 61.2. The number of esters is 4. The Morgan fingerprint density at radius 1 is 0.444 bits per heavy atom. The van der Waals surface area contributed by atoms with E-state index in [1.807, 2.05) is 58.0 Å². The lowest BCUT2D eigenvalue weighted by atomic mass is 10.1. The van der Waals surface area contributed by atoms with Gasteiger partial charge in [0, 0.05) is 40.9 Å². The van der Waals surface area contributed by atoms with Gasteiger partial charge in [0.15, 0.2) is 46.5 Å². The smallest absolute Gasteiger partial charge is 0.311 e. The summed E-state index contributed by atoms with van der Waals surface area (Å²) in [5, 5.41) is 0.959. The van der Waals surface area contributed by atoms with Gasteiger partial charge < -0.3 is 18.9 Å². The Balaban J connectivity index is 0.000000199. The summed E-state index contributed by atoms with van der Waals surface area (Å²) < 4.78 is 127. The summed E-state index contributed by atoms with van der Waals surface area (Å²) in [7, 11) is 0. The Morgan fingerprint density at radius 2 is 0.728 bits per heavy atom. The van der Waals surface area contributed by atoms with Gasteiger partial charge in [-0.2, -0.15) is 0 Å². The van der Waals surface area contributed by atoms with Gasteiger partial charge in [0.05, 0.1) is 54.9 Å². The highest BCUT2D eigenvalue weighted by Gasteiger charge is 2.64. The third-order valence-corrected chi connectivity index (χ3v) is 17.0. The topological polar surface area (TPSA) is 105 Å². The first-order valence-corrected chi connectivity index (χ1v) is 26.2. The van der Waals surface area contributed by atoms with E-state index in [2.05, 4.69) is 23.7 Å². The van der Waals surface area contributed by atoms with Gasteiger partial charge in [-0.1, -0.05) is 132 Å². The average molecular weight is 1210 g/mol. The van der Waals surface area contributed by atoms with Crippen LogP contribution in [0.3, 0.4) is 0 Å². The molecule has 4 fully saturated rings. The van der Waals surface area contributed by atoms with Crippen molar-refractivity contribution in [1.29, 1.82) is 0 Å². The standard InChI is InChI=1S/C16H14F4O2.C15H12Cl4O2.C15H12F4O2.C15H16O2/c1-5-9-10(16(9,3)4)15(21)22-6-8-13(19)11(17)7(2)12(18)14(8)20;2*1-4-8-11(15(8,2)3)14(20)21-6-7-12(18)9(16)5-10(17)13(7)19;1-4-12-13(15(12,2)3)14(16)17-10-11-8-6-5-7-9-11/h1,9-10H,6H2,2-4H3;2*1,5,8,11H,6H2,2-3H3;1,5-9,12-13H,10H2,2-3H3/t9-,10+;2*8-,11+;12-,13+/m1111/s1. The van der Waals surface area contributed by atoms with Gasteiger partial charge in [-0.3, -0.25) is 19.2 Å². The molecular weight excluding hydrogens is 1150 g/mol. The lowest BCUT2D eigenvalue weighted by molar-refractivity contribution is -0.148. The Morgan fingerprint density at radius 3 is 1.02 bits per heavy atom. The van der Waals surface area contributed by atoms with E-state index < -0.39 is 111 Å². The molecule has 20 heteroatoms. The van der Waals surface area contributed by atoms with Crippen molar-refractivity contribution in [2.45, 2.75) is 88.7 Å². The summed E-state index contributed by atoms with van der Waals surface area (Å²) >= 11 is 24.0. The van der Waals surface area contributed by atoms with Gasteiger partial charge in [-0.25, -0.2) is 35.1 Å². The maximum Gasteiger partial charge on any atom is 0.311 e. The van der Waals surface area contributed by atoms with Crippen LogP contribution in [0, 0.1) is 172 Å². The number of benzene rings is 4. The van der Waals surface area contributed by atoms with Crippen LogP contribution < -0.4 is 0 Å². The van der Waals surface area contributed by atoms with E-state index in [0.717, 1.165) is 12.5 Å². The van der Waals surface area contributed by atoms with Gasteiger partial charge in [-0.15, -0.1) is 49.4 Å². The zero-order valence-corrected chi connectivity index (χ0v) is 48.1. The molecular formula is C61H54Cl4F8O8. The normalized spacial score (nSPS) is 22.9. The lowest BCUT2D eigenvalue weighted by Crippen LogP contribution is -2.14. The molecule has 0 saturated heterocycles. The molecule has 0 spiro atoms. The number of terminal acetylenes is 4. The second-order valence-corrected chi connectivity index (χ2v) is 23.5. The zero-order valence-electron chi connectivity index (χ0n) is 45.1. The summed E-state index contributed by atoms with van der Waals surface area (Å²) in [6.45, 7) is 14.3. The summed E-state index contributed by atoms with van der Waals surface area (Å²) in [6.07, 6.45) is 21.3. The molecule has 4 saturated carbocycles. The fourth-order valence-electron chi connectivity index (χ4n) is 9.48. The van der Waals surface area contributed by atoms with Gasteiger partial charge in [0.2, 0.25) is 0 Å². The number of rotatable bonds is 12. The fraction of sp³-hybridized carbons (Fsp3) is 0.410. The Hall–Kier alpha value is -6.40. The molecule has 0 aromatic heterocycles. The molecule has 8 atom stereocenters. The molecule has 0 N–H and O–H groups in total. The number of halogens is 12. The van der Waals surface area contributed by atoms with Crippen LogP contribution in [-0.4, -0.2) is 23.9 Å². The second-order valence-electron chi connectivity index (χ2n) is 21.9. The SMILES string of the molecule is C#C[C@@H]1[C@@H](C(=O)OCc2c(Cl)c(Cl)cc(Cl)c2Cl)C1(C)C.C#C[C@@H]1[C@@H](C(=O)OCc2c(F)c(F)c(C)c(F)c2F)C1(C)C.C#C[C@@H]1[C@@H](C(=O)OCc2c(F)c(F)cc(F)c2F)C1(C)C.C#C[C@@H]1[C@@H](C(=O)OCc2ccccc2)C1(C)C. The molecule has 0 unspecified atom stereocenters. The first kappa shape index (κ1) is 65.4. The van der Waals surface area contributed by atoms with E-state index in [4.69, 9.17) is 91.0 Å². The monoisotopic (exact) mass is 1210 g/mol.